The Morgan fingerprint density at radius 2 is 2.04 bits per heavy atom. The van der Waals surface area contributed by atoms with E-state index in [1.54, 1.807) is 29.4 Å². The topological polar surface area (TPSA) is 45.7 Å². The summed E-state index contributed by atoms with van der Waals surface area (Å²) in [6.45, 7) is 2.85. The molecular formula is C21H22FN3O2S. The minimum Gasteiger partial charge on any atom is -0.379 e. The van der Waals surface area contributed by atoms with E-state index in [-0.39, 0.29) is 11.7 Å². The van der Waals surface area contributed by atoms with E-state index in [0.29, 0.717) is 38.4 Å². The van der Waals surface area contributed by atoms with Gasteiger partial charge >= 0.3 is 0 Å². The van der Waals surface area contributed by atoms with Gasteiger partial charge in [0.15, 0.2) is 0 Å². The van der Waals surface area contributed by atoms with E-state index in [4.69, 9.17) is 4.74 Å². The number of carbonyl (C=O) groups excluding carboxylic acids is 1. The van der Waals surface area contributed by atoms with Gasteiger partial charge in [-0.25, -0.2) is 9.37 Å². The van der Waals surface area contributed by atoms with Crippen LogP contribution in [0.25, 0.3) is 10.2 Å². The maximum Gasteiger partial charge on any atom is 0.244 e. The third-order valence-corrected chi connectivity index (χ3v) is 5.92. The Bertz CT molecular complexity index is 938. The zero-order valence-corrected chi connectivity index (χ0v) is 16.5. The fraction of sp³-hybridized carbons (Fsp3) is 0.333. The van der Waals surface area contributed by atoms with Crippen molar-refractivity contribution < 1.29 is 13.9 Å². The van der Waals surface area contributed by atoms with Crippen LogP contribution in [0.5, 0.6) is 0 Å². The van der Waals surface area contributed by atoms with Gasteiger partial charge in [0, 0.05) is 20.1 Å². The molecule has 1 aromatic heterocycles. The normalized spacial score (nSPS) is 16.2. The number of para-hydroxylation sites is 1. The van der Waals surface area contributed by atoms with Crippen LogP contribution < -0.4 is 0 Å². The van der Waals surface area contributed by atoms with Gasteiger partial charge in [0.1, 0.15) is 16.9 Å². The molecule has 3 aromatic rings. The van der Waals surface area contributed by atoms with Crippen molar-refractivity contribution in [2.45, 2.75) is 12.6 Å². The molecule has 0 aliphatic carbocycles. The summed E-state index contributed by atoms with van der Waals surface area (Å²) in [4.78, 5) is 21.7. The van der Waals surface area contributed by atoms with Crippen LogP contribution in [0.1, 0.15) is 16.6 Å². The molecular weight excluding hydrogens is 377 g/mol. The zero-order chi connectivity index (χ0) is 19.5. The molecule has 1 aliphatic heterocycles. The third kappa shape index (κ3) is 4.06. The van der Waals surface area contributed by atoms with Gasteiger partial charge < -0.3 is 9.64 Å². The molecule has 4 rings (SSSR count). The van der Waals surface area contributed by atoms with E-state index in [2.05, 4.69) is 9.88 Å². The first kappa shape index (κ1) is 19.0. The van der Waals surface area contributed by atoms with E-state index in [1.165, 1.54) is 12.1 Å². The monoisotopic (exact) mass is 399 g/mol. The molecule has 5 nitrogen and oxygen atoms in total. The van der Waals surface area contributed by atoms with Gasteiger partial charge in [0.05, 0.1) is 30.0 Å². The molecule has 2 aromatic carbocycles. The highest BCUT2D eigenvalue weighted by Crippen LogP contribution is 2.27. The number of hydrogen-bond acceptors (Lipinski definition) is 5. The van der Waals surface area contributed by atoms with Gasteiger partial charge in [0.2, 0.25) is 5.91 Å². The van der Waals surface area contributed by atoms with E-state index in [9.17, 15) is 9.18 Å². The highest BCUT2D eigenvalue weighted by molar-refractivity contribution is 7.18. The minimum atomic E-state index is -0.529. The molecule has 0 unspecified atom stereocenters. The summed E-state index contributed by atoms with van der Waals surface area (Å²) < 4.78 is 20.4. The predicted octanol–water partition coefficient (Wildman–Crippen LogP) is 3.47. The average Bonchev–Trinajstić information content (AvgIpc) is 3.11. The summed E-state index contributed by atoms with van der Waals surface area (Å²) in [5.74, 6) is -0.399. The maximum atomic E-state index is 13.8. The smallest absolute Gasteiger partial charge is 0.244 e. The molecule has 1 saturated heterocycles. The number of benzene rings is 2. The number of thiazole rings is 1. The standard InChI is InChI=1S/C21H22FN3O2S/c1-24(14-19-23-17-7-2-3-8-18(17)28-19)21(26)20(25-9-11-27-12-10-25)15-5-4-6-16(22)13-15/h2-8,13,20H,9-12,14H2,1H3/t20-/m1/s1. The molecule has 7 heteroatoms. The first-order chi connectivity index (χ1) is 13.6. The molecule has 2 heterocycles. The van der Waals surface area contributed by atoms with Crippen LogP contribution in [-0.4, -0.2) is 54.0 Å². The summed E-state index contributed by atoms with van der Waals surface area (Å²) in [7, 11) is 1.78. The Morgan fingerprint density at radius 3 is 2.79 bits per heavy atom. The van der Waals surface area contributed by atoms with Crippen LogP contribution in [0.4, 0.5) is 4.39 Å². The fourth-order valence-corrected chi connectivity index (χ4v) is 4.52. The first-order valence-electron chi connectivity index (χ1n) is 9.28. The van der Waals surface area contributed by atoms with Gasteiger partial charge in [0.25, 0.3) is 0 Å². The molecule has 1 aliphatic rings. The van der Waals surface area contributed by atoms with Crippen LogP contribution in [0.3, 0.4) is 0 Å². The summed E-state index contributed by atoms with van der Waals surface area (Å²) in [5, 5.41) is 0.886. The average molecular weight is 399 g/mol. The second kappa shape index (κ2) is 8.34. The molecule has 0 spiro atoms. The largest absolute Gasteiger partial charge is 0.379 e. The fourth-order valence-electron chi connectivity index (χ4n) is 3.50. The second-order valence-electron chi connectivity index (χ2n) is 6.88. The number of rotatable bonds is 5. The van der Waals surface area contributed by atoms with Crippen LogP contribution in [0.15, 0.2) is 48.5 Å². The molecule has 1 atom stereocenters. The summed E-state index contributed by atoms with van der Waals surface area (Å²) in [6, 6.07) is 13.7. The Balaban J connectivity index is 1.58. The number of fused-ring (bicyclic) bond motifs is 1. The highest BCUT2D eigenvalue weighted by atomic mass is 32.1. The van der Waals surface area contributed by atoms with Gasteiger partial charge in [-0.2, -0.15) is 0 Å². The van der Waals surface area contributed by atoms with Crippen molar-refractivity contribution in [2.75, 3.05) is 33.4 Å². The molecule has 0 saturated carbocycles. The quantitative estimate of drug-likeness (QED) is 0.659. The third-order valence-electron chi connectivity index (χ3n) is 4.90. The Labute approximate surface area is 167 Å². The molecule has 1 amide bonds. The molecule has 0 N–H and O–H groups in total. The number of carbonyl (C=O) groups is 1. The van der Waals surface area contributed by atoms with Crippen molar-refractivity contribution in [3.63, 3.8) is 0 Å². The predicted molar refractivity (Wildman–Crippen MR) is 108 cm³/mol. The van der Waals surface area contributed by atoms with Crippen LogP contribution in [0.2, 0.25) is 0 Å². The van der Waals surface area contributed by atoms with Crippen molar-refractivity contribution in [3.8, 4) is 0 Å². The number of halogens is 1. The number of amides is 1. The lowest BCUT2D eigenvalue weighted by atomic mass is 10.0. The van der Waals surface area contributed by atoms with Gasteiger partial charge in [-0.3, -0.25) is 9.69 Å². The summed E-state index contributed by atoms with van der Waals surface area (Å²) >= 11 is 1.59. The molecule has 0 radical (unpaired) electrons. The number of likely N-dealkylation sites (N-methyl/N-ethyl adjacent to an activating group) is 1. The molecule has 28 heavy (non-hydrogen) atoms. The number of hydrogen-bond donors (Lipinski definition) is 0. The lowest BCUT2D eigenvalue weighted by molar-refractivity contribution is -0.138. The van der Waals surface area contributed by atoms with Crippen LogP contribution in [-0.2, 0) is 16.1 Å². The summed E-state index contributed by atoms with van der Waals surface area (Å²) in [5.41, 5.74) is 1.61. The van der Waals surface area contributed by atoms with E-state index >= 15 is 0 Å². The summed E-state index contributed by atoms with van der Waals surface area (Å²) in [6.07, 6.45) is 0. The van der Waals surface area contributed by atoms with Gasteiger partial charge in [-0.15, -0.1) is 11.3 Å². The zero-order valence-electron chi connectivity index (χ0n) is 15.7. The number of morpholine rings is 1. The van der Waals surface area contributed by atoms with Gasteiger partial charge in [-0.05, 0) is 29.8 Å². The van der Waals surface area contributed by atoms with Crippen molar-refractivity contribution >= 4 is 27.5 Å². The SMILES string of the molecule is CN(Cc1nc2ccccc2s1)C(=O)[C@@H](c1cccc(F)c1)N1CCOCC1. The van der Waals surface area contributed by atoms with E-state index in [0.717, 1.165) is 15.2 Å². The van der Waals surface area contributed by atoms with Crippen molar-refractivity contribution in [3.05, 3.63) is 64.9 Å². The number of aromatic nitrogens is 1. The number of ether oxygens (including phenoxy) is 1. The van der Waals surface area contributed by atoms with E-state index < -0.39 is 6.04 Å². The maximum absolute atomic E-state index is 13.8. The van der Waals surface area contributed by atoms with Crippen LogP contribution in [0, 0.1) is 5.82 Å². The lowest BCUT2D eigenvalue weighted by Gasteiger charge is -2.35. The molecule has 1 fully saturated rings. The van der Waals surface area contributed by atoms with E-state index in [1.807, 2.05) is 30.3 Å². The highest BCUT2D eigenvalue weighted by Gasteiger charge is 2.31. The number of nitrogens with zero attached hydrogens (tertiary/aromatic N) is 3. The van der Waals surface area contributed by atoms with Crippen LogP contribution >= 0.6 is 11.3 Å². The Morgan fingerprint density at radius 1 is 1.25 bits per heavy atom. The first-order valence-corrected chi connectivity index (χ1v) is 10.1. The molecule has 146 valence electrons. The van der Waals surface area contributed by atoms with Crippen molar-refractivity contribution in [1.29, 1.82) is 0 Å². The lowest BCUT2D eigenvalue weighted by Crippen LogP contribution is -2.46. The second-order valence-corrected chi connectivity index (χ2v) is 7.99. The van der Waals surface area contributed by atoms with Crippen molar-refractivity contribution in [2.24, 2.45) is 0 Å². The Hall–Kier alpha value is -2.35. The van der Waals surface area contributed by atoms with Crippen molar-refractivity contribution in [1.82, 2.24) is 14.8 Å². The Kier molecular flexibility index (Phi) is 5.66. The van der Waals surface area contributed by atoms with Gasteiger partial charge in [-0.1, -0.05) is 24.3 Å². The minimum absolute atomic E-state index is 0.0632. The molecule has 0 bridgehead atoms.